The van der Waals surface area contributed by atoms with Gasteiger partial charge in [0.05, 0.1) is 11.3 Å². The molecule has 0 atom stereocenters. The molecule has 0 unspecified atom stereocenters. The first-order valence-corrected chi connectivity index (χ1v) is 6.78. The molecule has 1 aromatic rings. The van der Waals surface area contributed by atoms with Gasteiger partial charge in [-0.05, 0) is 38.5 Å². The molecule has 5 nitrogen and oxygen atoms in total. The summed E-state index contributed by atoms with van der Waals surface area (Å²) in [6.07, 6.45) is 0.563. The van der Waals surface area contributed by atoms with Gasteiger partial charge >= 0.3 is 5.97 Å². The van der Waals surface area contributed by atoms with E-state index in [1.54, 1.807) is 18.2 Å². The Morgan fingerprint density at radius 2 is 2.05 bits per heavy atom. The molecule has 0 heterocycles. The van der Waals surface area contributed by atoms with Gasteiger partial charge in [0, 0.05) is 24.0 Å². The van der Waals surface area contributed by atoms with Crippen molar-refractivity contribution in [3.05, 3.63) is 28.8 Å². The van der Waals surface area contributed by atoms with Gasteiger partial charge in [0.2, 0.25) is 0 Å². The molecule has 0 aliphatic heterocycles. The minimum Gasteiger partial charge on any atom is -0.481 e. The van der Waals surface area contributed by atoms with Crippen molar-refractivity contribution in [2.45, 2.75) is 32.7 Å². The maximum absolute atomic E-state index is 11.5. The average Bonchev–Trinajstić information content (AvgIpc) is 2.33. The highest BCUT2D eigenvalue weighted by molar-refractivity contribution is 6.31. The van der Waals surface area contributed by atoms with E-state index in [0.29, 0.717) is 29.2 Å². The molecule has 3 N–H and O–H groups in total. The van der Waals surface area contributed by atoms with Crippen molar-refractivity contribution >= 4 is 29.2 Å². The minimum absolute atomic E-state index is 0.0791. The Kier molecular flexibility index (Phi) is 5.82. The van der Waals surface area contributed by atoms with Crippen LogP contribution in [0.15, 0.2) is 18.2 Å². The fourth-order valence-electron chi connectivity index (χ4n) is 2.01. The van der Waals surface area contributed by atoms with Crippen LogP contribution in [0.2, 0.25) is 5.02 Å². The van der Waals surface area contributed by atoms with E-state index in [2.05, 4.69) is 0 Å². The summed E-state index contributed by atoms with van der Waals surface area (Å²) in [5.41, 5.74) is 6.41. The second-order valence-electron chi connectivity index (χ2n) is 4.81. The second kappa shape index (κ2) is 7.14. The van der Waals surface area contributed by atoms with Crippen molar-refractivity contribution in [1.29, 1.82) is 0 Å². The summed E-state index contributed by atoms with van der Waals surface area (Å²) in [6.45, 7) is 4.45. The van der Waals surface area contributed by atoms with E-state index in [1.165, 1.54) is 0 Å². The Morgan fingerprint density at radius 3 is 2.55 bits per heavy atom. The van der Waals surface area contributed by atoms with Crippen LogP contribution in [-0.4, -0.2) is 29.6 Å². The molecule has 1 aromatic carbocycles. The fourth-order valence-corrected chi connectivity index (χ4v) is 2.17. The van der Waals surface area contributed by atoms with Gasteiger partial charge in [-0.25, -0.2) is 0 Å². The van der Waals surface area contributed by atoms with E-state index >= 15 is 0 Å². The van der Waals surface area contributed by atoms with Gasteiger partial charge in [-0.1, -0.05) is 11.6 Å². The van der Waals surface area contributed by atoms with Crippen LogP contribution in [0.1, 0.15) is 37.0 Å². The van der Waals surface area contributed by atoms with Gasteiger partial charge in [-0.15, -0.1) is 0 Å². The zero-order chi connectivity index (χ0) is 15.3. The first-order chi connectivity index (χ1) is 9.32. The summed E-state index contributed by atoms with van der Waals surface area (Å²) in [5, 5.41) is 9.22. The number of benzene rings is 1. The number of carboxylic acid groups (broad SMARTS) is 1. The van der Waals surface area contributed by atoms with E-state index in [1.807, 2.05) is 18.7 Å². The summed E-state index contributed by atoms with van der Waals surface area (Å²) < 4.78 is 0. The van der Waals surface area contributed by atoms with Crippen LogP contribution < -0.4 is 10.6 Å². The molecular formula is C14H19ClN2O3. The van der Waals surface area contributed by atoms with E-state index in [4.69, 9.17) is 22.4 Å². The van der Waals surface area contributed by atoms with Crippen molar-refractivity contribution in [3.63, 3.8) is 0 Å². The predicted octanol–water partition coefficient (Wildman–Crippen LogP) is 2.52. The lowest BCUT2D eigenvalue weighted by Crippen LogP contribution is -2.34. The highest BCUT2D eigenvalue weighted by Crippen LogP contribution is 2.26. The Bertz CT molecular complexity index is 503. The number of carboxylic acids is 1. The molecular weight excluding hydrogens is 280 g/mol. The van der Waals surface area contributed by atoms with Crippen LogP contribution in [0.25, 0.3) is 0 Å². The standard InChI is InChI=1S/C14H19ClN2O3/c1-9(2)17(7-3-4-13(18)19)12-8-10(15)5-6-11(12)14(16)20/h5-6,8-9H,3-4,7H2,1-2H3,(H2,16,20)(H,18,19). The molecule has 0 aromatic heterocycles. The van der Waals surface area contributed by atoms with Gasteiger partial charge in [0.1, 0.15) is 0 Å². The number of anilines is 1. The van der Waals surface area contributed by atoms with Crippen LogP contribution in [-0.2, 0) is 4.79 Å². The molecule has 0 aliphatic rings. The highest BCUT2D eigenvalue weighted by atomic mass is 35.5. The Balaban J connectivity index is 3.04. The maximum atomic E-state index is 11.5. The SMILES string of the molecule is CC(C)N(CCCC(=O)O)c1cc(Cl)ccc1C(N)=O. The first-order valence-electron chi connectivity index (χ1n) is 6.40. The van der Waals surface area contributed by atoms with E-state index in [9.17, 15) is 9.59 Å². The molecule has 110 valence electrons. The average molecular weight is 299 g/mol. The van der Waals surface area contributed by atoms with Crippen molar-refractivity contribution in [2.24, 2.45) is 5.73 Å². The smallest absolute Gasteiger partial charge is 0.303 e. The van der Waals surface area contributed by atoms with Gasteiger partial charge in [0.15, 0.2) is 0 Å². The number of halogens is 1. The quantitative estimate of drug-likeness (QED) is 0.810. The normalized spacial score (nSPS) is 10.6. The zero-order valence-electron chi connectivity index (χ0n) is 11.6. The highest BCUT2D eigenvalue weighted by Gasteiger charge is 2.18. The Hall–Kier alpha value is -1.75. The van der Waals surface area contributed by atoms with Crippen molar-refractivity contribution in [2.75, 3.05) is 11.4 Å². The number of carbonyl (C=O) groups excluding carboxylic acids is 1. The molecule has 0 fully saturated rings. The number of rotatable bonds is 7. The van der Waals surface area contributed by atoms with Crippen LogP contribution in [0.4, 0.5) is 5.69 Å². The fraction of sp³-hybridized carbons (Fsp3) is 0.429. The number of hydrogen-bond donors (Lipinski definition) is 2. The maximum Gasteiger partial charge on any atom is 0.303 e. The third-order valence-corrected chi connectivity index (χ3v) is 3.18. The van der Waals surface area contributed by atoms with Crippen LogP contribution in [0.3, 0.4) is 0 Å². The van der Waals surface area contributed by atoms with Crippen molar-refractivity contribution < 1.29 is 14.7 Å². The van der Waals surface area contributed by atoms with E-state index in [-0.39, 0.29) is 12.5 Å². The molecule has 1 rings (SSSR count). The number of amides is 1. The number of nitrogens with two attached hydrogens (primary N) is 1. The summed E-state index contributed by atoms with van der Waals surface area (Å²) in [4.78, 5) is 24.0. The number of aliphatic carboxylic acids is 1. The molecule has 0 saturated carbocycles. The van der Waals surface area contributed by atoms with E-state index in [0.717, 1.165) is 0 Å². The van der Waals surface area contributed by atoms with Gasteiger partial charge in [0.25, 0.3) is 5.91 Å². The van der Waals surface area contributed by atoms with Crippen LogP contribution in [0, 0.1) is 0 Å². The molecule has 0 bridgehead atoms. The predicted molar refractivity (Wildman–Crippen MR) is 79.3 cm³/mol. The summed E-state index contributed by atoms with van der Waals surface area (Å²) in [5.74, 6) is -1.37. The number of nitrogens with zero attached hydrogens (tertiary/aromatic N) is 1. The van der Waals surface area contributed by atoms with Crippen molar-refractivity contribution in [1.82, 2.24) is 0 Å². The van der Waals surface area contributed by atoms with E-state index < -0.39 is 11.9 Å². The molecule has 0 radical (unpaired) electrons. The first kappa shape index (κ1) is 16.3. The molecule has 0 spiro atoms. The molecule has 6 heteroatoms. The summed E-state index contributed by atoms with van der Waals surface area (Å²) >= 11 is 5.98. The molecule has 0 saturated heterocycles. The number of carbonyl (C=O) groups is 2. The van der Waals surface area contributed by atoms with Crippen molar-refractivity contribution in [3.8, 4) is 0 Å². The molecule has 0 aliphatic carbocycles. The minimum atomic E-state index is -0.838. The lowest BCUT2D eigenvalue weighted by atomic mass is 10.1. The number of primary amides is 1. The zero-order valence-corrected chi connectivity index (χ0v) is 12.4. The Labute approximate surface area is 123 Å². The summed E-state index contributed by atoms with van der Waals surface area (Å²) in [6, 6.07) is 4.98. The third kappa shape index (κ3) is 4.42. The van der Waals surface area contributed by atoms with Gasteiger partial charge in [-0.3, -0.25) is 9.59 Å². The third-order valence-electron chi connectivity index (χ3n) is 2.95. The lowest BCUT2D eigenvalue weighted by molar-refractivity contribution is -0.137. The largest absolute Gasteiger partial charge is 0.481 e. The molecule has 20 heavy (non-hydrogen) atoms. The van der Waals surface area contributed by atoms with Gasteiger partial charge < -0.3 is 15.7 Å². The van der Waals surface area contributed by atoms with Crippen LogP contribution >= 0.6 is 11.6 Å². The topological polar surface area (TPSA) is 83.6 Å². The Morgan fingerprint density at radius 1 is 1.40 bits per heavy atom. The monoisotopic (exact) mass is 298 g/mol. The van der Waals surface area contributed by atoms with Crippen LogP contribution in [0.5, 0.6) is 0 Å². The molecule has 1 amide bonds. The second-order valence-corrected chi connectivity index (χ2v) is 5.25. The number of hydrogen-bond acceptors (Lipinski definition) is 3. The summed E-state index contributed by atoms with van der Waals surface area (Å²) in [7, 11) is 0. The lowest BCUT2D eigenvalue weighted by Gasteiger charge is -2.30. The van der Waals surface area contributed by atoms with Gasteiger partial charge in [-0.2, -0.15) is 0 Å².